The molecule has 0 unspecified atom stereocenters. The minimum atomic E-state index is -0.878. The molecule has 2 aliphatic rings. The number of hydrogen-bond acceptors (Lipinski definition) is 5. The van der Waals surface area contributed by atoms with Crippen LogP contribution in [0, 0.1) is 12.7 Å². The molecule has 2 heterocycles. The topological polar surface area (TPSA) is 85.0 Å². The van der Waals surface area contributed by atoms with Gasteiger partial charge in [0.25, 0.3) is 0 Å². The van der Waals surface area contributed by atoms with Crippen LogP contribution in [0.4, 0.5) is 15.8 Å². The summed E-state index contributed by atoms with van der Waals surface area (Å²) in [6.07, 6.45) is -0.149. The molecule has 0 saturated carbocycles. The number of benzene rings is 2. The van der Waals surface area contributed by atoms with Crippen molar-refractivity contribution in [1.29, 1.82) is 0 Å². The Labute approximate surface area is 209 Å². The summed E-state index contributed by atoms with van der Waals surface area (Å²) in [5.41, 5.74) is 1.99. The molecule has 2 aromatic carbocycles. The highest BCUT2D eigenvalue weighted by Gasteiger charge is 2.35. The molecule has 2 N–H and O–H groups in total. The van der Waals surface area contributed by atoms with Crippen LogP contribution in [0.3, 0.4) is 0 Å². The lowest BCUT2D eigenvalue weighted by molar-refractivity contribution is -0.145. The van der Waals surface area contributed by atoms with Crippen LogP contribution in [0.25, 0.3) is 0 Å². The maximum atomic E-state index is 14.1. The summed E-state index contributed by atoms with van der Waals surface area (Å²) < 4.78 is 14.1. The summed E-state index contributed by atoms with van der Waals surface area (Å²) in [6.45, 7) is 5.08. The predicted octanol–water partition coefficient (Wildman–Crippen LogP) is 2.27. The number of carbonyl (C=O) groups is 3. The van der Waals surface area contributed by atoms with E-state index in [0.29, 0.717) is 55.7 Å². The quantitative estimate of drug-likeness (QED) is 0.634. The SMILES string of the molecule is Cc1ccc(NC(=O)C[C@H]2C(=O)NCCN2C(=O)CN2CCN(c3ccccc3F)CC2)cc1Cl. The standard InChI is InChI=1S/C25H29ClFN5O3/c1-17-6-7-18(14-19(17)26)29-23(33)15-22-25(35)28-8-9-32(22)24(34)16-30-10-12-31(13-11-30)21-5-3-2-4-20(21)27/h2-7,14,22H,8-13,15-16H2,1H3,(H,28,35)(H,29,33)/t22-/m0/s1. The van der Waals surface area contributed by atoms with Gasteiger partial charge in [0.1, 0.15) is 11.9 Å². The Kier molecular flexibility index (Phi) is 7.87. The smallest absolute Gasteiger partial charge is 0.243 e. The fraction of sp³-hybridized carbons (Fsp3) is 0.400. The van der Waals surface area contributed by atoms with Gasteiger partial charge >= 0.3 is 0 Å². The molecule has 2 fully saturated rings. The maximum absolute atomic E-state index is 14.1. The van der Waals surface area contributed by atoms with Crippen LogP contribution < -0.4 is 15.5 Å². The van der Waals surface area contributed by atoms with Crippen LogP contribution in [0.1, 0.15) is 12.0 Å². The first-order chi connectivity index (χ1) is 16.8. The minimum absolute atomic E-state index is 0.143. The van der Waals surface area contributed by atoms with Crippen molar-refractivity contribution >= 4 is 40.7 Å². The summed E-state index contributed by atoms with van der Waals surface area (Å²) in [5.74, 6) is -1.17. The van der Waals surface area contributed by atoms with Crippen LogP contribution in [-0.4, -0.2) is 79.4 Å². The molecule has 2 saturated heterocycles. The van der Waals surface area contributed by atoms with Crippen molar-refractivity contribution in [2.45, 2.75) is 19.4 Å². The Bertz CT molecular complexity index is 1110. The summed E-state index contributed by atoms with van der Waals surface area (Å²) in [7, 11) is 0. The fourth-order valence-corrected chi connectivity index (χ4v) is 4.59. The third kappa shape index (κ3) is 6.10. The zero-order chi connectivity index (χ0) is 24.9. The number of amides is 3. The second-order valence-corrected chi connectivity index (χ2v) is 9.23. The average molecular weight is 502 g/mol. The number of nitrogens with zero attached hydrogens (tertiary/aromatic N) is 3. The van der Waals surface area contributed by atoms with E-state index < -0.39 is 6.04 Å². The number of para-hydroxylation sites is 1. The summed E-state index contributed by atoms with van der Waals surface area (Å²) >= 11 is 6.13. The van der Waals surface area contributed by atoms with Crippen molar-refractivity contribution in [2.24, 2.45) is 0 Å². The van der Waals surface area contributed by atoms with Gasteiger partial charge < -0.3 is 20.4 Å². The number of carbonyl (C=O) groups excluding carboxylic acids is 3. The maximum Gasteiger partial charge on any atom is 0.243 e. The lowest BCUT2D eigenvalue weighted by atomic mass is 10.1. The Hall–Kier alpha value is -3.17. The molecule has 3 amide bonds. The van der Waals surface area contributed by atoms with E-state index >= 15 is 0 Å². The molecule has 1 atom stereocenters. The number of nitrogens with one attached hydrogen (secondary N) is 2. The molecule has 2 aromatic rings. The van der Waals surface area contributed by atoms with Crippen LogP contribution in [-0.2, 0) is 14.4 Å². The highest BCUT2D eigenvalue weighted by atomic mass is 35.5. The number of piperazine rings is 2. The third-order valence-electron chi connectivity index (χ3n) is 6.41. The molecule has 0 aromatic heterocycles. The molecule has 35 heavy (non-hydrogen) atoms. The van der Waals surface area contributed by atoms with Crippen molar-refractivity contribution in [3.63, 3.8) is 0 Å². The van der Waals surface area contributed by atoms with Gasteiger partial charge in [0.05, 0.1) is 18.7 Å². The lowest BCUT2D eigenvalue weighted by Crippen LogP contribution is -2.60. The van der Waals surface area contributed by atoms with Gasteiger partial charge in [-0.2, -0.15) is 0 Å². The van der Waals surface area contributed by atoms with Gasteiger partial charge in [0, 0.05) is 50.0 Å². The van der Waals surface area contributed by atoms with E-state index in [1.807, 2.05) is 16.7 Å². The number of halogens is 2. The third-order valence-corrected chi connectivity index (χ3v) is 6.82. The van der Waals surface area contributed by atoms with E-state index in [2.05, 4.69) is 10.6 Å². The summed E-state index contributed by atoms with van der Waals surface area (Å²) in [6, 6.07) is 11.0. The monoisotopic (exact) mass is 501 g/mol. The second kappa shape index (κ2) is 11.0. The van der Waals surface area contributed by atoms with Crippen LogP contribution in [0.15, 0.2) is 42.5 Å². The molecule has 0 aliphatic carbocycles. The van der Waals surface area contributed by atoms with Crippen LogP contribution in [0.2, 0.25) is 5.02 Å². The number of aryl methyl sites for hydroxylation is 1. The van der Waals surface area contributed by atoms with Gasteiger partial charge in [0.15, 0.2) is 0 Å². The number of anilines is 2. The first-order valence-corrected chi connectivity index (χ1v) is 12.0. The molecular weight excluding hydrogens is 473 g/mol. The first-order valence-electron chi connectivity index (χ1n) is 11.7. The van der Waals surface area contributed by atoms with Crippen molar-refractivity contribution in [3.05, 3.63) is 58.9 Å². The second-order valence-electron chi connectivity index (χ2n) is 8.82. The van der Waals surface area contributed by atoms with Gasteiger partial charge in [-0.25, -0.2) is 4.39 Å². The van der Waals surface area contributed by atoms with Gasteiger partial charge in [-0.05, 0) is 36.8 Å². The Morgan fingerprint density at radius 1 is 1.11 bits per heavy atom. The van der Waals surface area contributed by atoms with E-state index in [1.54, 1.807) is 36.4 Å². The van der Waals surface area contributed by atoms with Gasteiger partial charge in [-0.3, -0.25) is 19.3 Å². The molecule has 186 valence electrons. The van der Waals surface area contributed by atoms with Crippen molar-refractivity contribution in [3.8, 4) is 0 Å². The van der Waals surface area contributed by atoms with Crippen molar-refractivity contribution < 1.29 is 18.8 Å². The molecule has 0 spiro atoms. The molecule has 2 aliphatic heterocycles. The molecule has 10 heteroatoms. The van der Waals surface area contributed by atoms with E-state index in [-0.39, 0.29) is 36.5 Å². The number of hydrogen-bond donors (Lipinski definition) is 2. The van der Waals surface area contributed by atoms with Crippen molar-refractivity contribution in [1.82, 2.24) is 15.1 Å². The number of rotatable bonds is 6. The molecule has 0 bridgehead atoms. The fourth-order valence-electron chi connectivity index (χ4n) is 4.41. The molecule has 4 rings (SSSR count). The predicted molar refractivity (Wildman–Crippen MR) is 133 cm³/mol. The average Bonchev–Trinajstić information content (AvgIpc) is 2.83. The van der Waals surface area contributed by atoms with Gasteiger partial charge in [-0.15, -0.1) is 0 Å². The van der Waals surface area contributed by atoms with Gasteiger partial charge in [0.2, 0.25) is 17.7 Å². The highest BCUT2D eigenvalue weighted by Crippen LogP contribution is 2.22. The summed E-state index contributed by atoms with van der Waals surface area (Å²) in [5, 5.41) is 6.03. The zero-order valence-electron chi connectivity index (χ0n) is 19.6. The van der Waals surface area contributed by atoms with Crippen molar-refractivity contribution in [2.75, 3.05) is 56.0 Å². The first kappa shape index (κ1) is 24.9. The highest BCUT2D eigenvalue weighted by molar-refractivity contribution is 6.31. The Morgan fingerprint density at radius 3 is 2.57 bits per heavy atom. The van der Waals surface area contributed by atoms with E-state index in [0.717, 1.165) is 5.56 Å². The zero-order valence-corrected chi connectivity index (χ0v) is 20.4. The van der Waals surface area contributed by atoms with Crippen LogP contribution in [0.5, 0.6) is 0 Å². The molecule has 8 nitrogen and oxygen atoms in total. The summed E-state index contributed by atoms with van der Waals surface area (Å²) in [4.78, 5) is 43.8. The largest absolute Gasteiger partial charge is 0.367 e. The van der Waals surface area contributed by atoms with E-state index in [9.17, 15) is 18.8 Å². The van der Waals surface area contributed by atoms with E-state index in [1.165, 1.54) is 11.0 Å². The van der Waals surface area contributed by atoms with E-state index in [4.69, 9.17) is 11.6 Å². The van der Waals surface area contributed by atoms with Crippen LogP contribution >= 0.6 is 11.6 Å². The minimum Gasteiger partial charge on any atom is -0.367 e. The molecular formula is C25H29ClFN5O3. The molecule has 0 radical (unpaired) electrons. The lowest BCUT2D eigenvalue weighted by Gasteiger charge is -2.39. The Morgan fingerprint density at radius 2 is 1.86 bits per heavy atom. The normalized spacial score (nSPS) is 18.8. The Balaban J connectivity index is 1.33. The van der Waals surface area contributed by atoms with Gasteiger partial charge in [-0.1, -0.05) is 29.8 Å².